The summed E-state index contributed by atoms with van der Waals surface area (Å²) in [4.78, 5) is 9.16. The molecule has 0 amide bonds. The van der Waals surface area contributed by atoms with Crippen LogP contribution in [0, 0.1) is 5.92 Å². The first-order valence-electron chi connectivity index (χ1n) is 9.54. The normalized spacial score (nSPS) is 20.8. The Kier molecular flexibility index (Phi) is 9.15. The number of guanidine groups is 1. The van der Waals surface area contributed by atoms with E-state index in [-0.39, 0.29) is 24.0 Å². The standard InChI is InChI=1S/C20H32N4O.HI/c1-21-20(23(2)14-19-9-12-25-16-19)22-13-17-5-7-18(8-6-17)15-24-10-3-4-11-24;/h5-8,19H,3-4,9-16H2,1-2H3,(H,21,22);1H. The zero-order valence-electron chi connectivity index (χ0n) is 16.1. The van der Waals surface area contributed by atoms with E-state index in [1.807, 2.05) is 7.05 Å². The molecule has 0 spiro atoms. The first kappa shape index (κ1) is 21.4. The molecule has 0 aromatic heterocycles. The molecule has 0 bridgehead atoms. The zero-order chi connectivity index (χ0) is 17.5. The second kappa shape index (κ2) is 11.1. The maximum atomic E-state index is 5.47. The number of hydrogen-bond donors (Lipinski definition) is 1. The molecule has 1 N–H and O–H groups in total. The van der Waals surface area contributed by atoms with Crippen molar-refractivity contribution in [1.82, 2.24) is 15.1 Å². The molecule has 2 saturated heterocycles. The minimum absolute atomic E-state index is 0. The van der Waals surface area contributed by atoms with Crippen molar-refractivity contribution in [2.45, 2.75) is 32.4 Å². The lowest BCUT2D eigenvalue weighted by Gasteiger charge is -2.24. The van der Waals surface area contributed by atoms with E-state index in [0.717, 1.165) is 45.2 Å². The summed E-state index contributed by atoms with van der Waals surface area (Å²) in [6.07, 6.45) is 3.85. The molecule has 0 saturated carbocycles. The number of nitrogens with one attached hydrogen (secondary N) is 1. The fourth-order valence-corrected chi connectivity index (χ4v) is 3.73. The van der Waals surface area contributed by atoms with Gasteiger partial charge < -0.3 is 15.0 Å². The van der Waals surface area contributed by atoms with E-state index in [2.05, 4.69) is 51.4 Å². The van der Waals surface area contributed by atoms with Crippen LogP contribution in [0.25, 0.3) is 0 Å². The third-order valence-corrected chi connectivity index (χ3v) is 5.21. The van der Waals surface area contributed by atoms with Gasteiger partial charge in [-0.2, -0.15) is 0 Å². The summed E-state index contributed by atoms with van der Waals surface area (Å²) in [7, 11) is 3.95. The fraction of sp³-hybridized carbons (Fsp3) is 0.650. The molecule has 6 heteroatoms. The molecule has 146 valence electrons. The monoisotopic (exact) mass is 472 g/mol. The molecule has 2 aliphatic heterocycles. The topological polar surface area (TPSA) is 40.1 Å². The zero-order valence-corrected chi connectivity index (χ0v) is 18.4. The van der Waals surface area contributed by atoms with Crippen LogP contribution in [0.2, 0.25) is 0 Å². The van der Waals surface area contributed by atoms with Gasteiger partial charge in [-0.3, -0.25) is 9.89 Å². The molecule has 2 fully saturated rings. The number of benzene rings is 1. The van der Waals surface area contributed by atoms with Crippen molar-refractivity contribution < 1.29 is 4.74 Å². The Morgan fingerprint density at radius 1 is 1.23 bits per heavy atom. The van der Waals surface area contributed by atoms with Gasteiger partial charge in [-0.05, 0) is 43.5 Å². The summed E-state index contributed by atoms with van der Waals surface area (Å²) >= 11 is 0. The number of nitrogens with zero attached hydrogens (tertiary/aromatic N) is 3. The Morgan fingerprint density at radius 2 is 1.92 bits per heavy atom. The van der Waals surface area contributed by atoms with Crippen molar-refractivity contribution in [3.63, 3.8) is 0 Å². The molecular weight excluding hydrogens is 439 g/mol. The van der Waals surface area contributed by atoms with Crippen molar-refractivity contribution in [2.24, 2.45) is 10.9 Å². The second-order valence-corrected chi connectivity index (χ2v) is 7.31. The predicted octanol–water partition coefficient (Wildman–Crippen LogP) is 2.94. The molecule has 2 aliphatic rings. The highest BCUT2D eigenvalue weighted by molar-refractivity contribution is 14.0. The molecule has 1 unspecified atom stereocenters. The molecular formula is C20H33IN4O. The number of aliphatic imine (C=N–C) groups is 1. The minimum atomic E-state index is 0. The van der Waals surface area contributed by atoms with Crippen molar-refractivity contribution in [3.8, 4) is 0 Å². The number of hydrogen-bond acceptors (Lipinski definition) is 3. The Morgan fingerprint density at radius 3 is 2.54 bits per heavy atom. The number of ether oxygens (including phenoxy) is 1. The SMILES string of the molecule is CN=C(NCc1ccc(CN2CCCC2)cc1)N(C)CC1CCOC1.I. The molecule has 1 aromatic rings. The molecule has 2 heterocycles. The Hall–Kier alpha value is -0.860. The van der Waals surface area contributed by atoms with Gasteiger partial charge in [0.05, 0.1) is 6.61 Å². The number of halogens is 1. The lowest BCUT2D eigenvalue weighted by atomic mass is 10.1. The lowest BCUT2D eigenvalue weighted by molar-refractivity contribution is 0.181. The van der Waals surface area contributed by atoms with E-state index in [1.165, 1.54) is 37.1 Å². The summed E-state index contributed by atoms with van der Waals surface area (Å²) in [6.45, 7) is 7.16. The van der Waals surface area contributed by atoms with E-state index >= 15 is 0 Å². The van der Waals surface area contributed by atoms with Crippen LogP contribution in [0.15, 0.2) is 29.3 Å². The summed E-state index contributed by atoms with van der Waals surface area (Å²) in [5.74, 6) is 1.57. The van der Waals surface area contributed by atoms with E-state index in [4.69, 9.17) is 4.74 Å². The van der Waals surface area contributed by atoms with Crippen molar-refractivity contribution >= 4 is 29.9 Å². The first-order valence-corrected chi connectivity index (χ1v) is 9.54. The van der Waals surface area contributed by atoms with Gasteiger partial charge in [0.25, 0.3) is 0 Å². The molecule has 0 radical (unpaired) electrons. The number of rotatable bonds is 6. The van der Waals surface area contributed by atoms with Crippen LogP contribution in [0.3, 0.4) is 0 Å². The van der Waals surface area contributed by atoms with Crippen LogP contribution < -0.4 is 5.32 Å². The molecule has 26 heavy (non-hydrogen) atoms. The van der Waals surface area contributed by atoms with E-state index in [1.54, 1.807) is 0 Å². The molecule has 0 aliphatic carbocycles. The minimum Gasteiger partial charge on any atom is -0.381 e. The van der Waals surface area contributed by atoms with Crippen LogP contribution >= 0.6 is 24.0 Å². The Labute approximate surface area is 175 Å². The second-order valence-electron chi connectivity index (χ2n) is 7.31. The van der Waals surface area contributed by atoms with Crippen molar-refractivity contribution in [3.05, 3.63) is 35.4 Å². The maximum absolute atomic E-state index is 5.47. The van der Waals surface area contributed by atoms with Crippen LogP contribution in [0.1, 0.15) is 30.4 Å². The summed E-state index contributed by atoms with van der Waals surface area (Å²) in [6, 6.07) is 8.99. The van der Waals surface area contributed by atoms with E-state index in [0.29, 0.717) is 5.92 Å². The third-order valence-electron chi connectivity index (χ3n) is 5.21. The quantitative estimate of drug-likeness (QED) is 0.393. The Balaban J connectivity index is 0.00000243. The highest BCUT2D eigenvalue weighted by Gasteiger charge is 2.19. The largest absolute Gasteiger partial charge is 0.381 e. The van der Waals surface area contributed by atoms with Crippen molar-refractivity contribution in [1.29, 1.82) is 0 Å². The van der Waals surface area contributed by atoms with Gasteiger partial charge in [0.2, 0.25) is 0 Å². The number of likely N-dealkylation sites (tertiary alicyclic amines) is 1. The highest BCUT2D eigenvalue weighted by Crippen LogP contribution is 2.14. The van der Waals surface area contributed by atoms with Gasteiger partial charge in [0, 0.05) is 46.3 Å². The van der Waals surface area contributed by atoms with Gasteiger partial charge >= 0.3 is 0 Å². The van der Waals surface area contributed by atoms with E-state index in [9.17, 15) is 0 Å². The molecule has 3 rings (SSSR count). The van der Waals surface area contributed by atoms with Gasteiger partial charge in [-0.25, -0.2) is 0 Å². The van der Waals surface area contributed by atoms with Crippen LogP contribution in [-0.2, 0) is 17.8 Å². The van der Waals surface area contributed by atoms with Crippen LogP contribution in [0.5, 0.6) is 0 Å². The average molecular weight is 472 g/mol. The van der Waals surface area contributed by atoms with Crippen LogP contribution in [0.4, 0.5) is 0 Å². The smallest absolute Gasteiger partial charge is 0.193 e. The van der Waals surface area contributed by atoms with Gasteiger partial charge in [-0.15, -0.1) is 24.0 Å². The van der Waals surface area contributed by atoms with Crippen molar-refractivity contribution in [2.75, 3.05) is 46.9 Å². The molecule has 1 aromatic carbocycles. The maximum Gasteiger partial charge on any atom is 0.193 e. The summed E-state index contributed by atoms with van der Waals surface area (Å²) in [5.41, 5.74) is 2.71. The predicted molar refractivity (Wildman–Crippen MR) is 118 cm³/mol. The lowest BCUT2D eigenvalue weighted by Crippen LogP contribution is -2.41. The van der Waals surface area contributed by atoms with E-state index < -0.39 is 0 Å². The highest BCUT2D eigenvalue weighted by atomic mass is 127. The molecule has 1 atom stereocenters. The fourth-order valence-electron chi connectivity index (χ4n) is 3.73. The summed E-state index contributed by atoms with van der Waals surface area (Å²) in [5, 5.41) is 3.48. The van der Waals surface area contributed by atoms with Crippen LogP contribution in [-0.4, -0.2) is 62.7 Å². The Bertz CT molecular complexity index is 551. The summed E-state index contributed by atoms with van der Waals surface area (Å²) < 4.78 is 5.47. The first-order chi connectivity index (χ1) is 12.2. The average Bonchev–Trinajstić information content (AvgIpc) is 3.31. The molecule has 5 nitrogen and oxygen atoms in total. The van der Waals surface area contributed by atoms with Gasteiger partial charge in [0.15, 0.2) is 5.96 Å². The third kappa shape index (κ3) is 6.39. The van der Waals surface area contributed by atoms with Gasteiger partial charge in [-0.1, -0.05) is 24.3 Å². The van der Waals surface area contributed by atoms with Gasteiger partial charge in [0.1, 0.15) is 0 Å².